The van der Waals surface area contributed by atoms with Gasteiger partial charge in [0.1, 0.15) is 5.69 Å². The Hall–Kier alpha value is -4.73. The van der Waals surface area contributed by atoms with Gasteiger partial charge in [0.2, 0.25) is 0 Å². The van der Waals surface area contributed by atoms with Gasteiger partial charge in [-0.2, -0.15) is 28.6 Å². The third kappa shape index (κ3) is 4.16. The molecule has 0 aliphatic carbocycles. The first-order chi connectivity index (χ1) is 16.1. The minimum Gasteiger partial charge on any atom is -0.364 e. The SMILES string of the molecule is Cc1c(NC(=O)c2cc(C(N)=O)nc3[nH]ncc23)c(C(F)(F)F)nn1Cc1ccc(C#N)cc1. The van der Waals surface area contributed by atoms with Crippen LogP contribution in [0.3, 0.4) is 0 Å². The number of aromatic nitrogens is 5. The molecule has 0 saturated carbocycles. The topological polar surface area (TPSA) is 155 Å². The summed E-state index contributed by atoms with van der Waals surface area (Å²) in [6, 6.07) is 9.32. The van der Waals surface area contributed by atoms with Gasteiger partial charge in [0.15, 0.2) is 11.3 Å². The maximum absolute atomic E-state index is 13.8. The predicted molar refractivity (Wildman–Crippen MR) is 113 cm³/mol. The Morgan fingerprint density at radius 1 is 1.26 bits per heavy atom. The normalized spacial score (nSPS) is 11.4. The van der Waals surface area contributed by atoms with Crippen LogP contribution in [0.5, 0.6) is 0 Å². The molecule has 0 saturated heterocycles. The summed E-state index contributed by atoms with van der Waals surface area (Å²) in [4.78, 5) is 28.5. The molecule has 0 aliphatic rings. The maximum atomic E-state index is 13.8. The third-order valence-electron chi connectivity index (χ3n) is 5.05. The van der Waals surface area contributed by atoms with Crippen LogP contribution in [0.2, 0.25) is 0 Å². The van der Waals surface area contributed by atoms with E-state index in [0.717, 1.165) is 10.7 Å². The fourth-order valence-electron chi connectivity index (χ4n) is 3.33. The van der Waals surface area contributed by atoms with E-state index in [2.05, 4.69) is 25.6 Å². The number of nitriles is 1. The fourth-order valence-corrected chi connectivity index (χ4v) is 3.33. The highest BCUT2D eigenvalue weighted by atomic mass is 19.4. The van der Waals surface area contributed by atoms with Crippen LogP contribution in [0.25, 0.3) is 11.0 Å². The molecular weight excluding hydrogens is 453 g/mol. The molecule has 4 aromatic rings. The second-order valence-electron chi connectivity index (χ2n) is 7.28. The molecule has 3 aromatic heterocycles. The van der Waals surface area contributed by atoms with Crippen molar-refractivity contribution < 1.29 is 22.8 Å². The average Bonchev–Trinajstić information content (AvgIpc) is 3.38. The zero-order chi connectivity index (χ0) is 24.6. The Kier molecular flexibility index (Phi) is 5.50. The van der Waals surface area contributed by atoms with Gasteiger partial charge in [-0.25, -0.2) is 4.98 Å². The lowest BCUT2D eigenvalue weighted by Crippen LogP contribution is -2.19. The van der Waals surface area contributed by atoms with E-state index in [1.54, 1.807) is 12.1 Å². The Morgan fingerprint density at radius 2 is 1.97 bits per heavy atom. The van der Waals surface area contributed by atoms with Crippen molar-refractivity contribution in [3.63, 3.8) is 0 Å². The molecule has 10 nitrogen and oxygen atoms in total. The van der Waals surface area contributed by atoms with Crippen LogP contribution in [-0.2, 0) is 12.7 Å². The number of alkyl halides is 3. The van der Waals surface area contributed by atoms with Gasteiger partial charge in [-0.15, -0.1) is 0 Å². The van der Waals surface area contributed by atoms with Crippen molar-refractivity contribution in [2.24, 2.45) is 5.73 Å². The van der Waals surface area contributed by atoms with Gasteiger partial charge >= 0.3 is 6.18 Å². The molecular formula is C21H15F3N8O2. The van der Waals surface area contributed by atoms with Crippen LogP contribution in [-0.4, -0.2) is 36.8 Å². The zero-order valence-electron chi connectivity index (χ0n) is 17.4. The minimum absolute atomic E-state index is 0.0243. The summed E-state index contributed by atoms with van der Waals surface area (Å²) >= 11 is 0. The number of amides is 2. The largest absolute Gasteiger partial charge is 0.437 e. The minimum atomic E-state index is -4.86. The zero-order valence-corrected chi connectivity index (χ0v) is 17.4. The van der Waals surface area contributed by atoms with E-state index >= 15 is 0 Å². The number of anilines is 1. The van der Waals surface area contributed by atoms with Crippen LogP contribution >= 0.6 is 0 Å². The molecule has 2 amide bonds. The van der Waals surface area contributed by atoms with E-state index in [1.807, 2.05) is 6.07 Å². The number of carbonyl (C=O) groups excluding carboxylic acids is 2. The molecule has 13 heteroatoms. The lowest BCUT2D eigenvalue weighted by molar-refractivity contribution is -0.140. The molecule has 4 N–H and O–H groups in total. The third-order valence-corrected chi connectivity index (χ3v) is 5.05. The fraction of sp³-hybridized carbons (Fsp3) is 0.143. The van der Waals surface area contributed by atoms with Crippen molar-refractivity contribution >= 4 is 28.5 Å². The van der Waals surface area contributed by atoms with E-state index in [0.29, 0.717) is 11.1 Å². The molecule has 0 spiro atoms. The maximum Gasteiger partial charge on any atom is 0.437 e. The Balaban J connectivity index is 1.73. The van der Waals surface area contributed by atoms with Gasteiger partial charge in [0, 0.05) is 0 Å². The van der Waals surface area contributed by atoms with Crippen LogP contribution in [0.1, 0.15) is 43.4 Å². The Labute approximate surface area is 189 Å². The van der Waals surface area contributed by atoms with Gasteiger partial charge in [0.05, 0.1) is 46.7 Å². The van der Waals surface area contributed by atoms with Gasteiger partial charge in [0.25, 0.3) is 11.8 Å². The van der Waals surface area contributed by atoms with Crippen molar-refractivity contribution in [1.29, 1.82) is 5.26 Å². The number of carbonyl (C=O) groups is 2. The monoisotopic (exact) mass is 468 g/mol. The van der Waals surface area contributed by atoms with Crippen molar-refractivity contribution in [2.45, 2.75) is 19.6 Å². The van der Waals surface area contributed by atoms with Gasteiger partial charge in [-0.1, -0.05) is 12.1 Å². The average molecular weight is 468 g/mol. The summed E-state index contributed by atoms with van der Waals surface area (Å²) in [7, 11) is 0. The number of H-pyrrole nitrogens is 1. The smallest absolute Gasteiger partial charge is 0.364 e. The first kappa shape index (κ1) is 22.5. The summed E-state index contributed by atoms with van der Waals surface area (Å²) in [5, 5.41) is 21.3. The number of aromatic amines is 1. The van der Waals surface area contributed by atoms with Crippen LogP contribution in [0.4, 0.5) is 18.9 Å². The van der Waals surface area contributed by atoms with E-state index in [9.17, 15) is 22.8 Å². The molecule has 4 rings (SSSR count). The number of halogens is 3. The molecule has 0 unspecified atom stereocenters. The number of nitrogens with two attached hydrogens (primary N) is 1. The Bertz CT molecular complexity index is 1460. The molecule has 0 atom stereocenters. The first-order valence-electron chi connectivity index (χ1n) is 9.67. The van der Waals surface area contributed by atoms with Gasteiger partial charge in [-0.05, 0) is 30.7 Å². The number of hydrogen-bond acceptors (Lipinski definition) is 6. The second kappa shape index (κ2) is 8.32. The quantitative estimate of drug-likeness (QED) is 0.409. The van der Waals surface area contributed by atoms with Crippen LogP contribution < -0.4 is 11.1 Å². The summed E-state index contributed by atoms with van der Waals surface area (Å²) in [5.41, 5.74) is 4.19. The Morgan fingerprint density at radius 3 is 2.59 bits per heavy atom. The summed E-state index contributed by atoms with van der Waals surface area (Å²) in [6.07, 6.45) is -3.60. The standard InChI is InChI=1S/C21H15F3N8O2/c1-10-16(29-20(34)13-6-15(18(26)33)28-19-14(13)8-27-30-19)17(21(22,23)24)31-32(10)9-12-4-2-11(7-25)3-5-12/h2-6,8H,9H2,1H3,(H2,26,33)(H,29,34)(H,27,28,30). The molecule has 3 heterocycles. The van der Waals surface area contributed by atoms with Crippen LogP contribution in [0, 0.1) is 18.3 Å². The van der Waals surface area contributed by atoms with Crippen molar-refractivity contribution in [3.8, 4) is 6.07 Å². The number of nitrogens with one attached hydrogen (secondary N) is 2. The summed E-state index contributed by atoms with van der Waals surface area (Å²) in [5.74, 6) is -1.85. The number of nitrogens with zero attached hydrogens (tertiary/aromatic N) is 5. The lowest BCUT2D eigenvalue weighted by Gasteiger charge is -2.10. The van der Waals surface area contributed by atoms with E-state index < -0.39 is 29.4 Å². The lowest BCUT2D eigenvalue weighted by atomic mass is 10.1. The number of fused-ring (bicyclic) bond motifs is 1. The number of pyridine rings is 1. The summed E-state index contributed by atoms with van der Waals surface area (Å²) in [6.45, 7) is 1.36. The van der Waals surface area contributed by atoms with E-state index in [-0.39, 0.29) is 34.5 Å². The molecule has 172 valence electrons. The van der Waals surface area contributed by atoms with Crippen molar-refractivity contribution in [3.05, 3.63) is 70.3 Å². The predicted octanol–water partition coefficient (Wildman–Crippen LogP) is 2.75. The number of primary amides is 1. The molecule has 0 radical (unpaired) electrons. The summed E-state index contributed by atoms with van der Waals surface area (Å²) < 4.78 is 42.4. The van der Waals surface area contributed by atoms with Gasteiger partial charge in [-0.3, -0.25) is 19.4 Å². The van der Waals surface area contributed by atoms with Crippen molar-refractivity contribution in [1.82, 2.24) is 25.0 Å². The molecule has 1 aromatic carbocycles. The van der Waals surface area contributed by atoms with E-state index in [1.165, 1.54) is 25.3 Å². The molecule has 0 bridgehead atoms. The van der Waals surface area contributed by atoms with Crippen molar-refractivity contribution in [2.75, 3.05) is 5.32 Å². The highest BCUT2D eigenvalue weighted by Gasteiger charge is 2.39. The van der Waals surface area contributed by atoms with Crippen LogP contribution in [0.15, 0.2) is 36.5 Å². The molecule has 0 aliphatic heterocycles. The highest BCUT2D eigenvalue weighted by Crippen LogP contribution is 2.36. The number of benzene rings is 1. The molecule has 34 heavy (non-hydrogen) atoms. The first-order valence-corrected chi connectivity index (χ1v) is 9.67. The second-order valence-corrected chi connectivity index (χ2v) is 7.28. The number of hydrogen-bond donors (Lipinski definition) is 3. The van der Waals surface area contributed by atoms with Gasteiger partial charge < -0.3 is 11.1 Å². The number of rotatable bonds is 5. The highest BCUT2D eigenvalue weighted by molar-refractivity contribution is 6.13. The van der Waals surface area contributed by atoms with E-state index in [4.69, 9.17) is 11.0 Å². The molecule has 0 fully saturated rings.